The Labute approximate surface area is 109 Å². The van der Waals surface area contributed by atoms with Crippen LogP contribution < -0.4 is 16.4 Å². The number of rotatable bonds is 5. The predicted octanol–water partition coefficient (Wildman–Crippen LogP) is 0.392. The fourth-order valence-corrected chi connectivity index (χ4v) is 2.61. The second-order valence-electron chi connectivity index (χ2n) is 5.09. The Morgan fingerprint density at radius 1 is 1.28 bits per heavy atom. The van der Waals surface area contributed by atoms with Gasteiger partial charge in [-0.15, -0.1) is 0 Å². The van der Waals surface area contributed by atoms with Gasteiger partial charge in [0.2, 0.25) is 11.8 Å². The zero-order valence-corrected chi connectivity index (χ0v) is 11.4. The third kappa shape index (κ3) is 4.29. The summed E-state index contributed by atoms with van der Waals surface area (Å²) in [4.78, 5) is 23.3. The molecule has 0 heterocycles. The van der Waals surface area contributed by atoms with E-state index in [1.165, 1.54) is 0 Å². The van der Waals surface area contributed by atoms with Crippen LogP contribution in [0.5, 0.6) is 0 Å². The molecule has 2 amide bonds. The van der Waals surface area contributed by atoms with Crippen LogP contribution in [0.4, 0.5) is 0 Å². The standard InChI is InChI=1S/C13H25N3O2/c1-3-15-11(17)7-8-16-13(18)12-9(2)5-4-6-10(12)14/h9-10,12H,3-8,14H2,1-2H3,(H,15,17)(H,16,18). The van der Waals surface area contributed by atoms with Crippen LogP contribution in [0, 0.1) is 11.8 Å². The normalized spacial score (nSPS) is 27.6. The number of hydrogen-bond donors (Lipinski definition) is 3. The molecule has 3 unspecified atom stereocenters. The fourth-order valence-electron chi connectivity index (χ4n) is 2.61. The monoisotopic (exact) mass is 255 g/mol. The zero-order valence-electron chi connectivity index (χ0n) is 11.4. The summed E-state index contributed by atoms with van der Waals surface area (Å²) in [5, 5.41) is 5.52. The molecular formula is C13H25N3O2. The van der Waals surface area contributed by atoms with Gasteiger partial charge in [0.25, 0.3) is 0 Å². The summed E-state index contributed by atoms with van der Waals surface area (Å²) in [7, 11) is 0. The summed E-state index contributed by atoms with van der Waals surface area (Å²) < 4.78 is 0. The van der Waals surface area contributed by atoms with Crippen molar-refractivity contribution in [2.75, 3.05) is 13.1 Å². The maximum atomic E-state index is 12.0. The van der Waals surface area contributed by atoms with Crippen molar-refractivity contribution >= 4 is 11.8 Å². The van der Waals surface area contributed by atoms with Crippen LogP contribution in [-0.4, -0.2) is 30.9 Å². The second-order valence-corrected chi connectivity index (χ2v) is 5.09. The van der Waals surface area contributed by atoms with Crippen molar-refractivity contribution in [3.05, 3.63) is 0 Å². The Bertz CT molecular complexity index is 284. The highest BCUT2D eigenvalue weighted by atomic mass is 16.2. The molecule has 3 atom stereocenters. The van der Waals surface area contributed by atoms with Gasteiger partial charge >= 0.3 is 0 Å². The lowest BCUT2D eigenvalue weighted by molar-refractivity contribution is -0.128. The smallest absolute Gasteiger partial charge is 0.224 e. The summed E-state index contributed by atoms with van der Waals surface area (Å²) in [6.07, 6.45) is 3.40. The van der Waals surface area contributed by atoms with E-state index in [1.54, 1.807) is 0 Å². The molecule has 0 aromatic rings. The largest absolute Gasteiger partial charge is 0.356 e. The first-order valence-electron chi connectivity index (χ1n) is 6.86. The Morgan fingerprint density at radius 2 is 2.00 bits per heavy atom. The summed E-state index contributed by atoms with van der Waals surface area (Å²) in [6, 6.07) is -0.0433. The lowest BCUT2D eigenvalue weighted by Crippen LogP contribution is -2.47. The molecular weight excluding hydrogens is 230 g/mol. The zero-order chi connectivity index (χ0) is 13.5. The van der Waals surface area contributed by atoms with Gasteiger partial charge in [0.15, 0.2) is 0 Å². The first-order valence-corrected chi connectivity index (χ1v) is 6.86. The molecule has 4 N–H and O–H groups in total. The van der Waals surface area contributed by atoms with Crippen LogP contribution in [0.3, 0.4) is 0 Å². The minimum Gasteiger partial charge on any atom is -0.356 e. The minimum atomic E-state index is -0.104. The predicted molar refractivity (Wildman–Crippen MR) is 70.8 cm³/mol. The first kappa shape index (κ1) is 15.0. The van der Waals surface area contributed by atoms with E-state index in [2.05, 4.69) is 17.6 Å². The summed E-state index contributed by atoms with van der Waals surface area (Å²) in [6.45, 7) is 4.96. The molecule has 1 rings (SSSR count). The summed E-state index contributed by atoms with van der Waals surface area (Å²) in [5.41, 5.74) is 6.01. The van der Waals surface area contributed by atoms with Gasteiger partial charge in [-0.3, -0.25) is 9.59 Å². The molecule has 0 bridgehead atoms. The van der Waals surface area contributed by atoms with Gasteiger partial charge in [-0.05, 0) is 25.7 Å². The quantitative estimate of drug-likeness (QED) is 0.664. The molecule has 1 aliphatic rings. The highest BCUT2D eigenvalue weighted by molar-refractivity contribution is 5.81. The van der Waals surface area contributed by atoms with Crippen molar-refractivity contribution in [2.45, 2.75) is 45.6 Å². The SMILES string of the molecule is CCNC(=O)CCNC(=O)C1C(C)CCCC1N. The molecule has 0 spiro atoms. The third-order valence-electron chi connectivity index (χ3n) is 3.60. The number of carbonyl (C=O) groups is 2. The molecule has 18 heavy (non-hydrogen) atoms. The van der Waals surface area contributed by atoms with Crippen molar-refractivity contribution in [1.82, 2.24) is 10.6 Å². The van der Waals surface area contributed by atoms with Gasteiger partial charge in [0.05, 0.1) is 5.92 Å². The Hall–Kier alpha value is -1.10. The maximum Gasteiger partial charge on any atom is 0.224 e. The third-order valence-corrected chi connectivity index (χ3v) is 3.60. The van der Waals surface area contributed by atoms with Gasteiger partial charge in [-0.25, -0.2) is 0 Å². The number of hydrogen-bond acceptors (Lipinski definition) is 3. The fraction of sp³-hybridized carbons (Fsp3) is 0.846. The molecule has 1 saturated carbocycles. The van der Waals surface area contributed by atoms with E-state index in [0.717, 1.165) is 19.3 Å². The molecule has 104 valence electrons. The Morgan fingerprint density at radius 3 is 2.61 bits per heavy atom. The molecule has 5 heteroatoms. The minimum absolute atomic E-state index is 0.000927. The van der Waals surface area contributed by atoms with Gasteiger partial charge in [0.1, 0.15) is 0 Å². The molecule has 0 aromatic heterocycles. The molecule has 0 radical (unpaired) electrons. The van der Waals surface area contributed by atoms with Gasteiger partial charge in [-0.2, -0.15) is 0 Å². The van der Waals surface area contributed by atoms with Crippen LogP contribution in [-0.2, 0) is 9.59 Å². The van der Waals surface area contributed by atoms with Crippen LogP contribution in [0.25, 0.3) is 0 Å². The van der Waals surface area contributed by atoms with E-state index in [0.29, 0.717) is 25.4 Å². The van der Waals surface area contributed by atoms with E-state index in [1.807, 2.05) is 6.92 Å². The van der Waals surface area contributed by atoms with E-state index in [9.17, 15) is 9.59 Å². The van der Waals surface area contributed by atoms with Crippen LogP contribution in [0.1, 0.15) is 39.5 Å². The number of carbonyl (C=O) groups excluding carboxylic acids is 2. The van der Waals surface area contributed by atoms with Gasteiger partial charge in [-0.1, -0.05) is 13.3 Å². The van der Waals surface area contributed by atoms with Crippen molar-refractivity contribution < 1.29 is 9.59 Å². The average Bonchev–Trinajstić information content (AvgIpc) is 2.29. The lowest BCUT2D eigenvalue weighted by atomic mass is 9.76. The highest BCUT2D eigenvalue weighted by Crippen LogP contribution is 2.28. The van der Waals surface area contributed by atoms with Crippen molar-refractivity contribution in [2.24, 2.45) is 17.6 Å². The average molecular weight is 255 g/mol. The van der Waals surface area contributed by atoms with Crippen LogP contribution in [0.15, 0.2) is 0 Å². The molecule has 5 nitrogen and oxygen atoms in total. The topological polar surface area (TPSA) is 84.2 Å². The first-order chi connectivity index (χ1) is 8.56. The summed E-state index contributed by atoms with van der Waals surface area (Å²) in [5.74, 6) is 0.198. The van der Waals surface area contributed by atoms with E-state index >= 15 is 0 Å². The van der Waals surface area contributed by atoms with Crippen molar-refractivity contribution in [1.29, 1.82) is 0 Å². The molecule has 0 aromatic carbocycles. The molecule has 1 fully saturated rings. The van der Waals surface area contributed by atoms with Gasteiger partial charge < -0.3 is 16.4 Å². The second kappa shape index (κ2) is 7.36. The number of nitrogens with one attached hydrogen (secondary N) is 2. The number of amides is 2. The molecule has 0 aliphatic heterocycles. The van der Waals surface area contributed by atoms with E-state index < -0.39 is 0 Å². The van der Waals surface area contributed by atoms with E-state index in [-0.39, 0.29) is 23.8 Å². The number of nitrogens with two attached hydrogens (primary N) is 1. The van der Waals surface area contributed by atoms with E-state index in [4.69, 9.17) is 5.73 Å². The lowest BCUT2D eigenvalue weighted by Gasteiger charge is -2.33. The Kier molecular flexibility index (Phi) is 6.12. The van der Waals surface area contributed by atoms with Crippen LogP contribution >= 0.6 is 0 Å². The van der Waals surface area contributed by atoms with Crippen molar-refractivity contribution in [3.63, 3.8) is 0 Å². The highest BCUT2D eigenvalue weighted by Gasteiger charge is 2.33. The molecule has 0 saturated heterocycles. The van der Waals surface area contributed by atoms with Gasteiger partial charge in [0, 0.05) is 25.6 Å². The Balaban J connectivity index is 2.33. The molecule has 1 aliphatic carbocycles. The van der Waals surface area contributed by atoms with Crippen LogP contribution in [0.2, 0.25) is 0 Å². The summed E-state index contributed by atoms with van der Waals surface area (Å²) >= 11 is 0. The van der Waals surface area contributed by atoms with Crippen molar-refractivity contribution in [3.8, 4) is 0 Å². The maximum absolute atomic E-state index is 12.0.